The summed E-state index contributed by atoms with van der Waals surface area (Å²) in [5.74, 6) is -0.130. The zero-order valence-corrected chi connectivity index (χ0v) is 13.8. The second-order valence-corrected chi connectivity index (χ2v) is 6.78. The smallest absolute Gasteiger partial charge is 0.297 e. The monoisotopic (exact) mass is 312 g/mol. The minimum absolute atomic E-state index is 0.0949. The molecule has 1 aromatic rings. The maximum absolute atomic E-state index is 12.2. The Morgan fingerprint density at radius 3 is 2.29 bits per heavy atom. The van der Waals surface area contributed by atoms with Crippen LogP contribution in [0.3, 0.4) is 0 Å². The van der Waals surface area contributed by atoms with E-state index in [2.05, 4.69) is 0 Å². The first kappa shape index (κ1) is 17.9. The number of hydrogen-bond donors (Lipinski definition) is 0. The quantitative estimate of drug-likeness (QED) is 0.653. The molecule has 0 heterocycles. The summed E-state index contributed by atoms with van der Waals surface area (Å²) in [4.78, 5) is 12.2. The molecule has 0 aromatic heterocycles. The van der Waals surface area contributed by atoms with Crippen molar-refractivity contribution >= 4 is 15.9 Å². The Morgan fingerprint density at radius 2 is 1.76 bits per heavy atom. The highest BCUT2D eigenvalue weighted by atomic mass is 32.2. The Morgan fingerprint density at radius 1 is 1.14 bits per heavy atom. The number of Topliss-reactive ketones (excluding diaryl/α,β-unsaturated/α-hetero) is 1. The van der Waals surface area contributed by atoms with Gasteiger partial charge in [0.15, 0.2) is 5.78 Å². The second-order valence-electron chi connectivity index (χ2n) is 5.21. The highest BCUT2D eigenvalue weighted by Gasteiger charge is 2.26. The molecule has 0 radical (unpaired) electrons. The van der Waals surface area contributed by atoms with Crippen LogP contribution in [0.5, 0.6) is 0 Å². The van der Waals surface area contributed by atoms with Gasteiger partial charge in [-0.2, -0.15) is 8.42 Å². The lowest BCUT2D eigenvalue weighted by atomic mass is 10.1. The van der Waals surface area contributed by atoms with E-state index in [0.717, 1.165) is 18.4 Å². The molecule has 1 atom stereocenters. The van der Waals surface area contributed by atoms with E-state index >= 15 is 0 Å². The van der Waals surface area contributed by atoms with Crippen LogP contribution in [0.2, 0.25) is 0 Å². The fraction of sp³-hybridized carbons (Fsp3) is 0.562. The first-order valence-electron chi connectivity index (χ1n) is 7.43. The summed E-state index contributed by atoms with van der Waals surface area (Å²) in [5, 5.41) is 0. The van der Waals surface area contributed by atoms with Crippen LogP contribution in [0.15, 0.2) is 29.2 Å². The van der Waals surface area contributed by atoms with Gasteiger partial charge in [0.05, 0.1) is 4.90 Å². The lowest BCUT2D eigenvalue weighted by molar-refractivity contribution is -0.126. The van der Waals surface area contributed by atoms with Crippen LogP contribution in [0.25, 0.3) is 0 Å². The van der Waals surface area contributed by atoms with E-state index in [-0.39, 0.29) is 10.7 Å². The molecule has 0 amide bonds. The van der Waals surface area contributed by atoms with Crippen molar-refractivity contribution < 1.29 is 17.4 Å². The van der Waals surface area contributed by atoms with Crippen LogP contribution in [0.1, 0.15) is 51.5 Å². The molecule has 0 saturated heterocycles. The van der Waals surface area contributed by atoms with Crippen molar-refractivity contribution in [1.82, 2.24) is 0 Å². The van der Waals surface area contributed by atoms with Crippen LogP contribution in [0.4, 0.5) is 0 Å². The molecule has 1 aromatic carbocycles. The van der Waals surface area contributed by atoms with Gasteiger partial charge in [-0.05, 0) is 31.9 Å². The average Bonchev–Trinajstić information content (AvgIpc) is 2.44. The van der Waals surface area contributed by atoms with E-state index < -0.39 is 16.2 Å². The van der Waals surface area contributed by atoms with E-state index in [4.69, 9.17) is 4.18 Å². The molecule has 0 N–H and O–H groups in total. The van der Waals surface area contributed by atoms with Crippen molar-refractivity contribution in [2.24, 2.45) is 0 Å². The number of hydrogen-bond acceptors (Lipinski definition) is 4. The summed E-state index contributed by atoms with van der Waals surface area (Å²) in [6, 6.07) is 6.43. The number of aryl methyl sites for hydroxylation is 1. The van der Waals surface area contributed by atoms with Crippen LogP contribution in [-0.4, -0.2) is 20.3 Å². The Hall–Kier alpha value is -1.20. The molecule has 1 rings (SSSR count). The van der Waals surface area contributed by atoms with Crippen LogP contribution in [0, 0.1) is 6.92 Å². The molecule has 4 nitrogen and oxygen atoms in total. The SMILES string of the molecule is CCCCC(=O)C(CCC)OS(=O)(=O)c1ccc(C)cc1. The van der Waals surface area contributed by atoms with E-state index in [1.807, 2.05) is 20.8 Å². The largest absolute Gasteiger partial charge is 0.297 e. The Bertz CT molecular complexity index is 546. The summed E-state index contributed by atoms with van der Waals surface area (Å²) in [6.45, 7) is 5.78. The van der Waals surface area contributed by atoms with E-state index in [9.17, 15) is 13.2 Å². The zero-order valence-electron chi connectivity index (χ0n) is 13.0. The third kappa shape index (κ3) is 5.59. The van der Waals surface area contributed by atoms with E-state index in [1.165, 1.54) is 12.1 Å². The molecular weight excluding hydrogens is 288 g/mol. The number of rotatable bonds is 9. The minimum atomic E-state index is -3.89. The lowest BCUT2D eigenvalue weighted by Crippen LogP contribution is -2.27. The third-order valence-electron chi connectivity index (χ3n) is 3.24. The van der Waals surface area contributed by atoms with Crippen molar-refractivity contribution in [2.75, 3.05) is 0 Å². The predicted octanol–water partition coefficient (Wildman–Crippen LogP) is 3.63. The zero-order chi connectivity index (χ0) is 15.9. The van der Waals surface area contributed by atoms with Crippen LogP contribution >= 0.6 is 0 Å². The van der Waals surface area contributed by atoms with Gasteiger partial charge in [0.2, 0.25) is 0 Å². The Labute approximate surface area is 127 Å². The average molecular weight is 312 g/mol. The number of benzene rings is 1. The normalized spacial score (nSPS) is 13.1. The van der Waals surface area contributed by atoms with Gasteiger partial charge in [-0.15, -0.1) is 0 Å². The standard InChI is InChI=1S/C16H24O4S/c1-4-6-8-15(17)16(7-5-2)20-21(18,19)14-11-9-13(3)10-12-14/h9-12,16H,4-8H2,1-3H3. The molecule has 0 saturated carbocycles. The Balaban J connectivity index is 2.86. The Kier molecular flexibility index (Phi) is 7.05. The predicted molar refractivity (Wildman–Crippen MR) is 82.7 cm³/mol. The number of ketones is 1. The highest BCUT2D eigenvalue weighted by molar-refractivity contribution is 7.86. The summed E-state index contributed by atoms with van der Waals surface area (Å²) < 4.78 is 29.7. The topological polar surface area (TPSA) is 60.4 Å². The van der Waals surface area contributed by atoms with Gasteiger partial charge in [-0.25, -0.2) is 0 Å². The van der Waals surface area contributed by atoms with Crippen molar-refractivity contribution in [3.63, 3.8) is 0 Å². The van der Waals surface area contributed by atoms with E-state index in [0.29, 0.717) is 19.3 Å². The summed E-state index contributed by atoms with van der Waals surface area (Å²) in [6.07, 6.45) is 2.28. The van der Waals surface area contributed by atoms with Crippen molar-refractivity contribution in [2.45, 2.75) is 63.9 Å². The number of carbonyl (C=O) groups excluding carboxylic acids is 1. The van der Waals surface area contributed by atoms with Gasteiger partial charge < -0.3 is 0 Å². The van der Waals surface area contributed by atoms with Gasteiger partial charge in [0.25, 0.3) is 10.1 Å². The summed E-state index contributed by atoms with van der Waals surface area (Å²) in [7, 11) is -3.89. The first-order chi connectivity index (χ1) is 9.90. The molecule has 0 aliphatic heterocycles. The van der Waals surface area contributed by atoms with Gasteiger partial charge in [0.1, 0.15) is 6.10 Å². The first-order valence-corrected chi connectivity index (χ1v) is 8.84. The summed E-state index contributed by atoms with van der Waals surface area (Å²) >= 11 is 0. The molecule has 0 spiro atoms. The number of carbonyl (C=O) groups is 1. The van der Waals surface area contributed by atoms with Crippen LogP contribution < -0.4 is 0 Å². The maximum atomic E-state index is 12.2. The highest BCUT2D eigenvalue weighted by Crippen LogP contribution is 2.18. The van der Waals surface area contributed by atoms with Gasteiger partial charge in [-0.1, -0.05) is 44.4 Å². The molecular formula is C16H24O4S. The molecule has 118 valence electrons. The van der Waals surface area contributed by atoms with Crippen LogP contribution in [-0.2, 0) is 19.1 Å². The van der Waals surface area contributed by atoms with Crippen molar-refractivity contribution in [3.05, 3.63) is 29.8 Å². The summed E-state index contributed by atoms with van der Waals surface area (Å²) in [5.41, 5.74) is 0.970. The van der Waals surface area contributed by atoms with Gasteiger partial charge in [-0.3, -0.25) is 8.98 Å². The molecule has 0 fully saturated rings. The van der Waals surface area contributed by atoms with Gasteiger partial charge >= 0.3 is 0 Å². The third-order valence-corrected chi connectivity index (χ3v) is 4.57. The molecule has 0 bridgehead atoms. The minimum Gasteiger partial charge on any atom is -0.297 e. The molecule has 0 aliphatic rings. The fourth-order valence-corrected chi connectivity index (χ4v) is 3.04. The second kappa shape index (κ2) is 8.29. The maximum Gasteiger partial charge on any atom is 0.297 e. The molecule has 0 aliphatic carbocycles. The van der Waals surface area contributed by atoms with E-state index in [1.54, 1.807) is 12.1 Å². The van der Waals surface area contributed by atoms with Crippen molar-refractivity contribution in [3.8, 4) is 0 Å². The molecule has 5 heteroatoms. The van der Waals surface area contributed by atoms with Gasteiger partial charge in [0, 0.05) is 6.42 Å². The fourth-order valence-electron chi connectivity index (χ4n) is 1.95. The number of unbranched alkanes of at least 4 members (excludes halogenated alkanes) is 1. The van der Waals surface area contributed by atoms with Crippen molar-refractivity contribution in [1.29, 1.82) is 0 Å². The molecule has 1 unspecified atom stereocenters. The lowest BCUT2D eigenvalue weighted by Gasteiger charge is -2.16. The molecule has 21 heavy (non-hydrogen) atoms.